The first-order valence-corrected chi connectivity index (χ1v) is 22.3. The van der Waals surface area contributed by atoms with Gasteiger partial charge in [0.2, 0.25) is 23.5 Å². The van der Waals surface area contributed by atoms with E-state index in [1.165, 1.54) is 4.57 Å². The van der Waals surface area contributed by atoms with E-state index in [9.17, 15) is 14.4 Å². The molecule has 4 fully saturated rings. The van der Waals surface area contributed by atoms with Crippen molar-refractivity contribution in [2.45, 2.75) is 75.8 Å². The molecule has 2 atom stereocenters. The van der Waals surface area contributed by atoms with E-state index in [1.807, 2.05) is 17.8 Å². The van der Waals surface area contributed by atoms with Crippen LogP contribution in [0.15, 0.2) is 47.4 Å². The number of rotatable bonds is 8. The summed E-state index contributed by atoms with van der Waals surface area (Å²) in [5, 5.41) is 15.4. The fourth-order valence-electron chi connectivity index (χ4n) is 10.3. The van der Waals surface area contributed by atoms with Crippen molar-refractivity contribution in [3.63, 3.8) is 0 Å². The number of nitrogens with one attached hydrogen (secondary N) is 3. The number of alkyl halides is 2. The number of ether oxygens (including phenoxy) is 1. The first-order valence-electron chi connectivity index (χ1n) is 21.9. The zero-order valence-corrected chi connectivity index (χ0v) is 36.6. The third-order valence-electron chi connectivity index (χ3n) is 14.3. The van der Waals surface area contributed by atoms with Crippen molar-refractivity contribution < 1.29 is 23.1 Å². The molecule has 0 bridgehead atoms. The Kier molecular flexibility index (Phi) is 10.3. The Bertz CT molecular complexity index is 2700. The number of hydrogen-bond donors (Lipinski definition) is 3. The highest BCUT2D eigenvalue weighted by Crippen LogP contribution is 2.46. The number of amides is 2. The molecular weight excluding hydrogens is 832 g/mol. The molecule has 5 aromatic rings. The van der Waals surface area contributed by atoms with Gasteiger partial charge in [-0.2, -0.15) is 10.1 Å². The first kappa shape index (κ1) is 41.5. The van der Waals surface area contributed by atoms with Crippen LogP contribution < -0.4 is 36.0 Å². The highest BCUT2D eigenvalue weighted by Gasteiger charge is 2.51. The molecule has 2 aromatic carbocycles. The number of fused-ring (bicyclic) bond motifs is 4. The Balaban J connectivity index is 0.789. The van der Waals surface area contributed by atoms with Gasteiger partial charge in [0.25, 0.3) is 5.56 Å². The molecular formula is C45H52ClF2N11O4. The number of anilines is 5. The largest absolute Gasteiger partial charge is 0.480 e. The van der Waals surface area contributed by atoms with E-state index in [-0.39, 0.29) is 34.7 Å². The lowest BCUT2D eigenvalue weighted by Gasteiger charge is -2.50. The summed E-state index contributed by atoms with van der Waals surface area (Å²) in [5.41, 5.74) is 3.81. The van der Waals surface area contributed by atoms with E-state index >= 15 is 8.78 Å². The molecule has 1 saturated carbocycles. The van der Waals surface area contributed by atoms with Crippen LogP contribution in [0.1, 0.15) is 64.0 Å². The second-order valence-electron chi connectivity index (χ2n) is 18.4. The second kappa shape index (κ2) is 15.6. The predicted octanol–water partition coefficient (Wildman–Crippen LogP) is 6.17. The Morgan fingerprint density at radius 2 is 1.67 bits per heavy atom. The van der Waals surface area contributed by atoms with Crippen molar-refractivity contribution in [1.29, 1.82) is 0 Å². The summed E-state index contributed by atoms with van der Waals surface area (Å²) in [4.78, 5) is 54.3. The second-order valence-corrected chi connectivity index (χ2v) is 18.8. The number of benzene rings is 2. The molecule has 5 aliphatic rings. The van der Waals surface area contributed by atoms with Crippen LogP contribution >= 0.6 is 11.6 Å². The van der Waals surface area contributed by atoms with E-state index in [0.717, 1.165) is 74.4 Å². The molecule has 4 aliphatic heterocycles. The minimum atomic E-state index is -3.13. The maximum Gasteiger partial charge on any atom is 0.301 e. The van der Waals surface area contributed by atoms with E-state index in [0.29, 0.717) is 65.0 Å². The molecule has 63 heavy (non-hydrogen) atoms. The molecule has 1 aliphatic carbocycles. The van der Waals surface area contributed by atoms with Gasteiger partial charge in [0.1, 0.15) is 5.02 Å². The number of carbonyl (C=O) groups is 2. The van der Waals surface area contributed by atoms with Gasteiger partial charge in [-0.05, 0) is 94.2 Å². The standard InChI is InChI=1S/C45H52ClF2N11O4/c1-44(2,26-13-15-57(16-14-26)28-8-9-29-34(22-28)56(4)54-36(29)30-10-12-35(60)51-41(30)61)59-19-17-58(18-20-59)43-49-23-32(46)40(53-43)50-27-7-11-33-31(21-27)37-38(42(62)55(33)3)63-24-45(47,48)39(52-37)25-5-6-25/h7-9,11,21-23,25-26,30,39,52H,5-6,10,12-20,24H2,1-4H3,(H,49,50,53)(H,51,60,61)/t30?,39-/m0/s1. The highest BCUT2D eigenvalue weighted by atomic mass is 35.5. The van der Waals surface area contributed by atoms with Crippen LogP contribution in [0.2, 0.25) is 5.02 Å². The average Bonchev–Trinajstić information content (AvgIpc) is 4.08. The van der Waals surface area contributed by atoms with Crippen LogP contribution in [0, 0.1) is 11.8 Å². The van der Waals surface area contributed by atoms with Gasteiger partial charge in [-0.1, -0.05) is 11.6 Å². The lowest BCUT2D eigenvalue weighted by Crippen LogP contribution is -2.59. The molecule has 332 valence electrons. The number of nitrogens with zero attached hydrogens (tertiary/aromatic N) is 8. The SMILES string of the molecule is Cn1nc(C2CCC(=O)NC2=O)c2ccc(N3CCC(C(C)(C)N4CCN(c5ncc(Cl)c(Nc6ccc7c(c6)c6c(c(=O)n7C)OCC(F)(F)[C@H](C7CC7)N6)n5)CC4)CC3)cc21. The van der Waals surface area contributed by atoms with E-state index in [1.54, 1.807) is 25.4 Å². The molecule has 0 spiro atoms. The quantitative estimate of drug-likeness (QED) is 0.153. The van der Waals surface area contributed by atoms with Gasteiger partial charge >= 0.3 is 5.92 Å². The van der Waals surface area contributed by atoms with E-state index in [4.69, 9.17) is 26.4 Å². The van der Waals surface area contributed by atoms with Crippen molar-refractivity contribution in [1.82, 2.24) is 34.5 Å². The summed E-state index contributed by atoms with van der Waals surface area (Å²) in [6.07, 6.45) is 5.89. The van der Waals surface area contributed by atoms with Gasteiger partial charge < -0.3 is 29.7 Å². The number of halogens is 3. The third-order valence-corrected chi connectivity index (χ3v) is 14.6. The number of hydrogen-bond acceptors (Lipinski definition) is 12. The number of aryl methyl sites for hydroxylation is 2. The van der Waals surface area contributed by atoms with Crippen molar-refractivity contribution in [2.75, 3.05) is 66.3 Å². The number of carbonyl (C=O) groups excluding carboxylic acids is 2. The molecule has 3 N–H and O–H groups in total. The zero-order chi connectivity index (χ0) is 43.9. The molecule has 3 aromatic heterocycles. The number of piperidine rings is 2. The van der Waals surface area contributed by atoms with Crippen LogP contribution in [0.3, 0.4) is 0 Å². The Morgan fingerprint density at radius 3 is 2.40 bits per heavy atom. The maximum absolute atomic E-state index is 15.2. The van der Waals surface area contributed by atoms with Gasteiger partial charge in [-0.15, -0.1) is 0 Å². The number of imide groups is 1. The van der Waals surface area contributed by atoms with Crippen LogP contribution in [-0.4, -0.2) is 104 Å². The number of piperazine rings is 1. The van der Waals surface area contributed by atoms with Gasteiger partial charge in [0, 0.05) is 87.5 Å². The van der Waals surface area contributed by atoms with Crippen molar-refractivity contribution >= 4 is 74.0 Å². The molecule has 2 amide bonds. The minimum absolute atomic E-state index is 0.0269. The molecule has 1 unspecified atom stereocenters. The van der Waals surface area contributed by atoms with Crippen LogP contribution in [0.4, 0.5) is 37.6 Å². The van der Waals surface area contributed by atoms with Crippen LogP contribution in [-0.2, 0) is 23.7 Å². The smallest absolute Gasteiger partial charge is 0.301 e. The summed E-state index contributed by atoms with van der Waals surface area (Å²) in [6.45, 7) is 8.91. The molecule has 18 heteroatoms. The first-order chi connectivity index (χ1) is 30.2. The minimum Gasteiger partial charge on any atom is -0.480 e. The fourth-order valence-corrected chi connectivity index (χ4v) is 10.4. The fraction of sp³-hybridized carbons (Fsp3) is 0.511. The monoisotopic (exact) mass is 883 g/mol. The lowest BCUT2D eigenvalue weighted by molar-refractivity contribution is -0.134. The Labute approximate surface area is 368 Å². The maximum atomic E-state index is 15.2. The Morgan fingerprint density at radius 1 is 0.905 bits per heavy atom. The predicted molar refractivity (Wildman–Crippen MR) is 239 cm³/mol. The van der Waals surface area contributed by atoms with Gasteiger partial charge in [0.05, 0.1) is 40.6 Å². The summed E-state index contributed by atoms with van der Waals surface area (Å²) in [6, 6.07) is 10.6. The molecule has 7 heterocycles. The summed E-state index contributed by atoms with van der Waals surface area (Å²) in [5.74, 6) is -2.89. The molecule has 0 radical (unpaired) electrons. The third kappa shape index (κ3) is 7.49. The van der Waals surface area contributed by atoms with Gasteiger partial charge in [-0.3, -0.25) is 29.3 Å². The molecule has 10 rings (SSSR count). The van der Waals surface area contributed by atoms with E-state index < -0.39 is 30.0 Å². The lowest BCUT2D eigenvalue weighted by atomic mass is 9.78. The van der Waals surface area contributed by atoms with E-state index in [2.05, 4.69) is 67.7 Å². The number of pyridine rings is 1. The van der Waals surface area contributed by atoms with Gasteiger partial charge in [-0.25, -0.2) is 13.8 Å². The molecule has 3 saturated heterocycles. The normalized spacial score (nSPS) is 22.4. The Hall–Kier alpha value is -5.55. The van der Waals surface area contributed by atoms with Gasteiger partial charge in [0.15, 0.2) is 12.4 Å². The van der Waals surface area contributed by atoms with Crippen LogP contribution in [0.25, 0.3) is 21.8 Å². The van der Waals surface area contributed by atoms with Crippen molar-refractivity contribution in [3.05, 3.63) is 63.7 Å². The highest BCUT2D eigenvalue weighted by molar-refractivity contribution is 6.33. The average molecular weight is 884 g/mol. The van der Waals surface area contributed by atoms with Crippen molar-refractivity contribution in [2.24, 2.45) is 25.9 Å². The van der Waals surface area contributed by atoms with Crippen molar-refractivity contribution in [3.8, 4) is 5.75 Å². The zero-order valence-electron chi connectivity index (χ0n) is 35.9. The summed E-state index contributed by atoms with van der Waals surface area (Å²) in [7, 11) is 3.51. The molecule has 15 nitrogen and oxygen atoms in total. The summed E-state index contributed by atoms with van der Waals surface area (Å²) < 4.78 is 39.2. The topological polar surface area (TPSA) is 155 Å². The number of aromatic nitrogens is 5. The summed E-state index contributed by atoms with van der Waals surface area (Å²) >= 11 is 6.66. The van der Waals surface area contributed by atoms with Crippen LogP contribution in [0.5, 0.6) is 5.75 Å².